The number of aryl methyl sites for hydroxylation is 1. The molecule has 4 heteroatoms. The lowest BCUT2D eigenvalue weighted by atomic mass is 10.2. The van der Waals surface area contributed by atoms with Gasteiger partial charge in [-0.3, -0.25) is 0 Å². The van der Waals surface area contributed by atoms with E-state index in [1.165, 1.54) is 0 Å². The highest BCUT2D eigenvalue weighted by Crippen LogP contribution is 2.16. The maximum Gasteiger partial charge on any atom is 0.348 e. The molecular formula is C17H16N2O2. The van der Waals surface area contributed by atoms with Crippen LogP contribution in [0.1, 0.15) is 11.1 Å². The fourth-order valence-corrected chi connectivity index (χ4v) is 2.26. The largest absolute Gasteiger partial charge is 0.389 e. The summed E-state index contributed by atoms with van der Waals surface area (Å²) >= 11 is 0. The van der Waals surface area contributed by atoms with Crippen LogP contribution in [-0.4, -0.2) is 12.0 Å². The van der Waals surface area contributed by atoms with Gasteiger partial charge in [0.15, 0.2) is 0 Å². The Hall–Kier alpha value is -2.62. The van der Waals surface area contributed by atoms with Gasteiger partial charge in [0.2, 0.25) is 0 Å². The molecule has 0 amide bonds. The van der Waals surface area contributed by atoms with Crippen LogP contribution in [0.2, 0.25) is 0 Å². The summed E-state index contributed by atoms with van der Waals surface area (Å²) in [5.41, 5.74) is 2.46. The van der Waals surface area contributed by atoms with E-state index >= 15 is 0 Å². The molecule has 0 spiro atoms. The van der Waals surface area contributed by atoms with Gasteiger partial charge >= 0.3 is 11.6 Å². The first kappa shape index (κ1) is 13.4. The van der Waals surface area contributed by atoms with E-state index in [0.717, 1.165) is 11.1 Å². The maximum absolute atomic E-state index is 12.1. The first-order chi connectivity index (χ1) is 10.1. The number of aromatic nitrogens is 1. The van der Waals surface area contributed by atoms with Gasteiger partial charge < -0.3 is 9.32 Å². The first-order valence-corrected chi connectivity index (χ1v) is 6.80. The normalized spacial score (nSPS) is 10.8. The third kappa shape index (κ3) is 2.79. The van der Waals surface area contributed by atoms with Crippen molar-refractivity contribution in [1.29, 1.82) is 0 Å². The van der Waals surface area contributed by atoms with E-state index in [2.05, 4.69) is 4.98 Å². The summed E-state index contributed by atoms with van der Waals surface area (Å²) in [6.07, 6.45) is 0. The van der Waals surface area contributed by atoms with Crippen LogP contribution in [-0.2, 0) is 6.54 Å². The highest BCUT2D eigenvalue weighted by atomic mass is 16.4. The lowest BCUT2D eigenvalue weighted by Crippen LogP contribution is -2.19. The molecule has 4 nitrogen and oxygen atoms in total. The third-order valence-corrected chi connectivity index (χ3v) is 3.36. The van der Waals surface area contributed by atoms with Crippen molar-refractivity contribution in [2.24, 2.45) is 0 Å². The van der Waals surface area contributed by atoms with Gasteiger partial charge in [0.1, 0.15) is 0 Å². The lowest BCUT2D eigenvalue weighted by Gasteiger charge is -2.16. The molecule has 0 N–H and O–H groups in total. The Labute approximate surface area is 122 Å². The molecule has 1 aromatic heterocycles. The zero-order valence-corrected chi connectivity index (χ0v) is 12.0. The van der Waals surface area contributed by atoms with Crippen molar-refractivity contribution < 1.29 is 4.42 Å². The molecule has 0 aliphatic rings. The molecule has 0 bridgehead atoms. The van der Waals surface area contributed by atoms with Crippen molar-refractivity contribution >= 4 is 16.9 Å². The molecule has 0 radical (unpaired) electrons. The number of nitrogens with zero attached hydrogens (tertiary/aromatic N) is 2. The number of fused-ring (bicyclic) bond motifs is 1. The van der Waals surface area contributed by atoms with Gasteiger partial charge in [-0.25, -0.2) is 4.79 Å². The van der Waals surface area contributed by atoms with Crippen LogP contribution in [0.5, 0.6) is 0 Å². The summed E-state index contributed by atoms with van der Waals surface area (Å²) in [5.74, 6) is 0. The zero-order chi connectivity index (χ0) is 14.8. The SMILES string of the molecule is Cc1ccc2nc(N(C)Cc3ccccc3)oc(=O)c2c1. The molecule has 3 aromatic rings. The van der Waals surface area contributed by atoms with Gasteiger partial charge in [-0.15, -0.1) is 0 Å². The van der Waals surface area contributed by atoms with Crippen LogP contribution in [0, 0.1) is 6.92 Å². The predicted molar refractivity (Wildman–Crippen MR) is 83.6 cm³/mol. The fraction of sp³-hybridized carbons (Fsp3) is 0.176. The molecule has 1 heterocycles. The molecule has 0 fully saturated rings. The van der Waals surface area contributed by atoms with Gasteiger partial charge in [0.25, 0.3) is 0 Å². The average molecular weight is 280 g/mol. The van der Waals surface area contributed by atoms with Gasteiger partial charge in [-0.05, 0) is 24.6 Å². The molecular weight excluding hydrogens is 264 g/mol. The molecule has 21 heavy (non-hydrogen) atoms. The van der Waals surface area contributed by atoms with Gasteiger partial charge in [0.05, 0.1) is 10.9 Å². The van der Waals surface area contributed by atoms with E-state index in [9.17, 15) is 4.79 Å². The van der Waals surface area contributed by atoms with E-state index in [-0.39, 0.29) is 5.63 Å². The third-order valence-electron chi connectivity index (χ3n) is 3.36. The van der Waals surface area contributed by atoms with E-state index in [4.69, 9.17) is 4.42 Å². The number of benzene rings is 2. The first-order valence-electron chi connectivity index (χ1n) is 6.80. The second-order valence-corrected chi connectivity index (χ2v) is 5.15. The standard InChI is InChI=1S/C17H16N2O2/c1-12-8-9-15-14(10-12)16(20)21-17(18-15)19(2)11-13-6-4-3-5-7-13/h3-10H,11H2,1-2H3. The smallest absolute Gasteiger partial charge is 0.348 e. The Morgan fingerprint density at radius 1 is 1.14 bits per heavy atom. The van der Waals surface area contributed by atoms with Crippen molar-refractivity contribution in [3.05, 3.63) is 70.1 Å². The molecule has 3 rings (SSSR count). The van der Waals surface area contributed by atoms with E-state index < -0.39 is 0 Å². The number of rotatable bonds is 3. The summed E-state index contributed by atoms with van der Waals surface area (Å²) in [7, 11) is 1.86. The molecule has 0 saturated carbocycles. The minimum Gasteiger partial charge on any atom is -0.389 e. The highest BCUT2D eigenvalue weighted by Gasteiger charge is 2.10. The van der Waals surface area contributed by atoms with Crippen molar-refractivity contribution in [1.82, 2.24) is 4.98 Å². The summed E-state index contributed by atoms with van der Waals surface area (Å²) in [4.78, 5) is 18.3. The van der Waals surface area contributed by atoms with Crippen molar-refractivity contribution in [3.63, 3.8) is 0 Å². The highest BCUT2D eigenvalue weighted by molar-refractivity contribution is 5.78. The summed E-state index contributed by atoms with van der Waals surface area (Å²) in [6.45, 7) is 2.57. The molecule has 0 aliphatic carbocycles. The summed E-state index contributed by atoms with van der Waals surface area (Å²) in [5, 5.41) is 0.520. The lowest BCUT2D eigenvalue weighted by molar-refractivity contribution is 0.494. The van der Waals surface area contributed by atoms with Crippen LogP contribution in [0.3, 0.4) is 0 Å². The van der Waals surface area contributed by atoms with Crippen LogP contribution in [0.15, 0.2) is 57.7 Å². The quantitative estimate of drug-likeness (QED) is 0.739. The Kier molecular flexibility index (Phi) is 3.44. The minimum absolute atomic E-state index is 0.334. The topological polar surface area (TPSA) is 46.3 Å². The number of anilines is 1. The Morgan fingerprint density at radius 2 is 1.90 bits per heavy atom. The summed E-state index contributed by atoms with van der Waals surface area (Å²) in [6, 6.07) is 15.9. The van der Waals surface area contributed by atoms with Crippen LogP contribution in [0.4, 0.5) is 6.01 Å². The number of hydrogen-bond acceptors (Lipinski definition) is 4. The van der Waals surface area contributed by atoms with Gasteiger partial charge in [-0.1, -0.05) is 42.0 Å². The van der Waals surface area contributed by atoms with E-state index in [0.29, 0.717) is 23.5 Å². The fourth-order valence-electron chi connectivity index (χ4n) is 2.26. The number of hydrogen-bond donors (Lipinski definition) is 0. The van der Waals surface area contributed by atoms with Gasteiger partial charge in [0, 0.05) is 13.6 Å². The molecule has 2 aromatic carbocycles. The van der Waals surface area contributed by atoms with Crippen molar-refractivity contribution in [3.8, 4) is 0 Å². The van der Waals surface area contributed by atoms with Gasteiger partial charge in [-0.2, -0.15) is 4.98 Å². The van der Waals surface area contributed by atoms with Crippen molar-refractivity contribution in [2.45, 2.75) is 13.5 Å². The Bertz CT molecular complexity index is 825. The van der Waals surface area contributed by atoms with Crippen LogP contribution >= 0.6 is 0 Å². The molecule has 106 valence electrons. The van der Waals surface area contributed by atoms with E-state index in [1.807, 2.05) is 61.3 Å². The molecule has 0 atom stereocenters. The molecule has 0 saturated heterocycles. The van der Waals surface area contributed by atoms with Crippen LogP contribution in [0.25, 0.3) is 10.9 Å². The molecule has 0 aliphatic heterocycles. The monoisotopic (exact) mass is 280 g/mol. The second kappa shape index (κ2) is 5.40. The van der Waals surface area contributed by atoms with E-state index in [1.54, 1.807) is 6.07 Å². The molecule has 0 unspecified atom stereocenters. The summed E-state index contributed by atoms with van der Waals surface area (Å²) < 4.78 is 5.34. The zero-order valence-electron chi connectivity index (χ0n) is 12.0. The Balaban J connectivity index is 1.97. The average Bonchev–Trinajstić information content (AvgIpc) is 2.49. The Morgan fingerprint density at radius 3 is 2.67 bits per heavy atom. The maximum atomic E-state index is 12.1. The predicted octanol–water partition coefficient (Wildman–Crippen LogP) is 3.13. The van der Waals surface area contributed by atoms with Crippen molar-refractivity contribution in [2.75, 3.05) is 11.9 Å². The minimum atomic E-state index is -0.349. The van der Waals surface area contributed by atoms with Crippen LogP contribution < -0.4 is 10.5 Å². The second-order valence-electron chi connectivity index (χ2n) is 5.15.